The van der Waals surface area contributed by atoms with Gasteiger partial charge < -0.3 is 25.4 Å². The molecule has 0 spiro atoms. The number of hydrogen-bond acceptors (Lipinski definition) is 4. The van der Waals surface area contributed by atoms with E-state index in [0.717, 1.165) is 25.0 Å². The van der Waals surface area contributed by atoms with Gasteiger partial charge in [0.1, 0.15) is 5.75 Å². The van der Waals surface area contributed by atoms with Gasteiger partial charge in [-0.15, -0.1) is 24.0 Å². The summed E-state index contributed by atoms with van der Waals surface area (Å²) in [6.07, 6.45) is 2.39. The van der Waals surface area contributed by atoms with Gasteiger partial charge >= 0.3 is 0 Å². The van der Waals surface area contributed by atoms with Gasteiger partial charge in [0, 0.05) is 27.2 Å². The van der Waals surface area contributed by atoms with Crippen LogP contribution in [0, 0.1) is 0 Å². The quantitative estimate of drug-likeness (QED) is 0.363. The van der Waals surface area contributed by atoms with Gasteiger partial charge in [0.2, 0.25) is 0 Å². The zero-order valence-corrected chi connectivity index (χ0v) is 17.1. The van der Waals surface area contributed by atoms with E-state index < -0.39 is 0 Å². The third-order valence-electron chi connectivity index (χ3n) is 3.73. The highest BCUT2D eigenvalue weighted by Crippen LogP contribution is 2.14. The summed E-state index contributed by atoms with van der Waals surface area (Å²) >= 11 is 0. The number of ether oxygens (including phenoxy) is 2. The first-order valence-electron chi connectivity index (χ1n) is 8.12. The third kappa shape index (κ3) is 7.91. The minimum Gasteiger partial charge on any atom is -0.484 e. The molecule has 0 saturated carbocycles. The van der Waals surface area contributed by atoms with E-state index in [-0.39, 0.29) is 42.6 Å². The van der Waals surface area contributed by atoms with Gasteiger partial charge in [0.05, 0.1) is 12.6 Å². The lowest BCUT2D eigenvalue weighted by atomic mass is 10.2. The number of aliphatic imine (C=N–C) groups is 1. The highest BCUT2D eigenvalue weighted by atomic mass is 127. The number of amides is 1. The van der Waals surface area contributed by atoms with E-state index in [1.807, 2.05) is 24.3 Å². The summed E-state index contributed by atoms with van der Waals surface area (Å²) in [7, 11) is 3.40. The maximum atomic E-state index is 11.5. The minimum absolute atomic E-state index is 0. The van der Waals surface area contributed by atoms with Crippen LogP contribution in [-0.2, 0) is 16.1 Å². The van der Waals surface area contributed by atoms with Crippen molar-refractivity contribution in [3.8, 4) is 5.75 Å². The van der Waals surface area contributed by atoms with Crippen LogP contribution in [0.1, 0.15) is 18.4 Å². The van der Waals surface area contributed by atoms with E-state index in [1.54, 1.807) is 14.1 Å². The molecular weight excluding hydrogens is 435 g/mol. The molecule has 8 heteroatoms. The molecule has 25 heavy (non-hydrogen) atoms. The normalized spacial score (nSPS) is 16.9. The summed E-state index contributed by atoms with van der Waals surface area (Å²) in [4.78, 5) is 17.4. The van der Waals surface area contributed by atoms with Gasteiger partial charge in [-0.2, -0.15) is 0 Å². The van der Waals surface area contributed by atoms with E-state index in [2.05, 4.69) is 10.3 Å². The molecule has 1 heterocycles. The number of halogens is 1. The molecule has 0 aliphatic carbocycles. The van der Waals surface area contributed by atoms with Crippen LogP contribution >= 0.6 is 24.0 Å². The van der Waals surface area contributed by atoms with Crippen molar-refractivity contribution in [3.63, 3.8) is 0 Å². The Bertz CT molecular complexity index is 575. The lowest BCUT2D eigenvalue weighted by molar-refractivity contribution is -0.130. The monoisotopic (exact) mass is 462 g/mol. The van der Waals surface area contributed by atoms with Crippen molar-refractivity contribution < 1.29 is 14.3 Å². The van der Waals surface area contributed by atoms with Crippen LogP contribution in [0.3, 0.4) is 0 Å². The highest BCUT2D eigenvalue weighted by Gasteiger charge is 2.14. The molecule has 1 atom stereocenters. The molecule has 2 rings (SSSR count). The molecule has 1 aromatic carbocycles. The van der Waals surface area contributed by atoms with Crippen molar-refractivity contribution in [1.82, 2.24) is 10.2 Å². The number of carbonyl (C=O) groups is 1. The zero-order valence-electron chi connectivity index (χ0n) is 14.7. The largest absolute Gasteiger partial charge is 0.484 e. The second-order valence-corrected chi connectivity index (χ2v) is 5.94. The Hall–Kier alpha value is -1.55. The van der Waals surface area contributed by atoms with Gasteiger partial charge in [-0.25, -0.2) is 4.99 Å². The third-order valence-corrected chi connectivity index (χ3v) is 3.73. The van der Waals surface area contributed by atoms with E-state index in [4.69, 9.17) is 15.2 Å². The first-order valence-corrected chi connectivity index (χ1v) is 8.12. The molecule has 1 fully saturated rings. The number of carbonyl (C=O) groups excluding carboxylic acids is 1. The Morgan fingerprint density at radius 3 is 2.96 bits per heavy atom. The predicted molar refractivity (Wildman–Crippen MR) is 108 cm³/mol. The molecular formula is C17H27IN4O3. The second-order valence-electron chi connectivity index (χ2n) is 5.94. The van der Waals surface area contributed by atoms with Gasteiger partial charge in [0.25, 0.3) is 5.91 Å². The van der Waals surface area contributed by atoms with Crippen molar-refractivity contribution in [1.29, 1.82) is 0 Å². The van der Waals surface area contributed by atoms with Crippen LogP contribution in [-0.4, -0.2) is 56.7 Å². The number of nitrogens with zero attached hydrogens (tertiary/aromatic N) is 2. The molecule has 1 aliphatic rings. The second kappa shape index (κ2) is 11.1. The summed E-state index contributed by atoms with van der Waals surface area (Å²) in [5.74, 6) is 0.962. The number of nitrogens with two attached hydrogens (primary N) is 1. The Labute approximate surface area is 166 Å². The Balaban J connectivity index is 0.00000312. The summed E-state index contributed by atoms with van der Waals surface area (Å²) in [5, 5.41) is 3.08. The first kappa shape index (κ1) is 21.5. The van der Waals surface area contributed by atoms with E-state index >= 15 is 0 Å². The van der Waals surface area contributed by atoms with Crippen molar-refractivity contribution in [3.05, 3.63) is 29.8 Å². The van der Waals surface area contributed by atoms with Crippen molar-refractivity contribution in [2.24, 2.45) is 10.7 Å². The van der Waals surface area contributed by atoms with E-state index in [9.17, 15) is 4.79 Å². The van der Waals surface area contributed by atoms with Crippen molar-refractivity contribution in [2.75, 3.05) is 33.9 Å². The number of likely N-dealkylation sites (N-methyl/N-ethyl adjacent to an activating group) is 1. The fraction of sp³-hybridized carbons (Fsp3) is 0.529. The lowest BCUT2D eigenvalue weighted by Gasteiger charge is -2.12. The lowest BCUT2D eigenvalue weighted by Crippen LogP contribution is -2.37. The van der Waals surface area contributed by atoms with E-state index in [0.29, 0.717) is 24.8 Å². The van der Waals surface area contributed by atoms with Crippen molar-refractivity contribution in [2.45, 2.75) is 25.5 Å². The maximum absolute atomic E-state index is 11.5. The Morgan fingerprint density at radius 2 is 2.28 bits per heavy atom. The molecule has 1 amide bonds. The summed E-state index contributed by atoms with van der Waals surface area (Å²) < 4.78 is 11.0. The number of guanidine groups is 1. The van der Waals surface area contributed by atoms with Crippen LogP contribution in [0.25, 0.3) is 0 Å². The molecule has 140 valence electrons. The summed E-state index contributed by atoms with van der Waals surface area (Å²) in [6, 6.07) is 7.49. The smallest absolute Gasteiger partial charge is 0.259 e. The van der Waals surface area contributed by atoms with Crippen molar-refractivity contribution >= 4 is 35.8 Å². The molecule has 1 aromatic rings. The Kier molecular flexibility index (Phi) is 9.58. The molecule has 0 aromatic heterocycles. The first-order chi connectivity index (χ1) is 11.5. The number of rotatable bonds is 7. The molecule has 1 aliphatic heterocycles. The van der Waals surface area contributed by atoms with Crippen LogP contribution in [0.4, 0.5) is 0 Å². The molecule has 3 N–H and O–H groups in total. The Morgan fingerprint density at radius 1 is 1.48 bits per heavy atom. The van der Waals surface area contributed by atoms with Gasteiger partial charge in [-0.3, -0.25) is 4.79 Å². The number of benzene rings is 1. The van der Waals surface area contributed by atoms with Crippen LogP contribution in [0.5, 0.6) is 5.75 Å². The van der Waals surface area contributed by atoms with Gasteiger partial charge in [-0.1, -0.05) is 12.1 Å². The molecule has 0 radical (unpaired) electrons. The summed E-state index contributed by atoms with van der Waals surface area (Å²) in [6.45, 7) is 1.98. The molecule has 1 saturated heterocycles. The molecule has 1 unspecified atom stereocenters. The van der Waals surface area contributed by atoms with Crippen LogP contribution < -0.4 is 15.8 Å². The fourth-order valence-electron chi connectivity index (χ4n) is 2.26. The average molecular weight is 462 g/mol. The van der Waals surface area contributed by atoms with Gasteiger partial charge in [-0.05, 0) is 30.5 Å². The van der Waals surface area contributed by atoms with Crippen LogP contribution in [0.15, 0.2) is 29.3 Å². The minimum atomic E-state index is -0.0824. The predicted octanol–water partition coefficient (Wildman–Crippen LogP) is 1.35. The van der Waals surface area contributed by atoms with E-state index in [1.165, 1.54) is 4.90 Å². The topological polar surface area (TPSA) is 89.2 Å². The average Bonchev–Trinajstić information content (AvgIpc) is 3.09. The standard InChI is InChI=1S/C17H26N4O3.HI/c1-21(2)16(22)12-24-14-6-3-5-13(9-14)10-19-17(18)20-11-15-7-4-8-23-15;/h3,5-6,9,15H,4,7-8,10-12H2,1-2H3,(H3,18,19,20);1H. The molecule has 7 nitrogen and oxygen atoms in total. The summed E-state index contributed by atoms with van der Waals surface area (Å²) in [5.41, 5.74) is 6.84. The highest BCUT2D eigenvalue weighted by molar-refractivity contribution is 14.0. The van der Waals surface area contributed by atoms with Crippen LogP contribution in [0.2, 0.25) is 0 Å². The number of hydrogen-bond donors (Lipinski definition) is 2. The van der Waals surface area contributed by atoms with Gasteiger partial charge in [0.15, 0.2) is 12.6 Å². The molecule has 0 bridgehead atoms. The zero-order chi connectivity index (χ0) is 17.4. The number of nitrogens with one attached hydrogen (secondary N) is 1. The fourth-order valence-corrected chi connectivity index (χ4v) is 2.26. The SMILES string of the molecule is CN(C)C(=O)COc1cccc(CN=C(N)NCC2CCCO2)c1.I. The maximum Gasteiger partial charge on any atom is 0.259 e.